The summed E-state index contributed by atoms with van der Waals surface area (Å²) < 4.78 is 81.7. The monoisotopic (exact) mass is 562 g/mol. The highest BCUT2D eigenvalue weighted by molar-refractivity contribution is 6.30. The van der Waals surface area contributed by atoms with Crippen LogP contribution < -0.4 is 5.69 Å². The quantitative estimate of drug-likeness (QED) is 0.334. The van der Waals surface area contributed by atoms with Crippen molar-refractivity contribution in [1.29, 1.82) is 0 Å². The zero-order chi connectivity index (χ0) is 27.8. The molecule has 0 aliphatic carbocycles. The maximum atomic E-state index is 13.5. The largest absolute Gasteiger partial charge is 0.418 e. The predicted molar refractivity (Wildman–Crippen MR) is 120 cm³/mol. The molecule has 4 rings (SSSR count). The highest BCUT2D eigenvalue weighted by Crippen LogP contribution is 2.34. The van der Waals surface area contributed by atoms with Crippen molar-refractivity contribution in [1.82, 2.24) is 29.1 Å². The van der Waals surface area contributed by atoms with E-state index in [1.54, 1.807) is 0 Å². The van der Waals surface area contributed by atoms with E-state index in [0.717, 1.165) is 16.8 Å². The zero-order valence-corrected chi connectivity index (χ0v) is 19.7. The third-order valence-electron chi connectivity index (χ3n) is 5.35. The number of rotatable bonds is 7. The van der Waals surface area contributed by atoms with E-state index in [1.807, 2.05) is 0 Å². The first-order valence-corrected chi connectivity index (χ1v) is 11.1. The number of hydrogen-bond acceptors (Lipinski definition) is 6. The molecule has 2 heterocycles. The molecule has 4 aromatic rings. The van der Waals surface area contributed by atoms with E-state index in [-0.39, 0.29) is 23.0 Å². The van der Waals surface area contributed by atoms with Crippen LogP contribution in [-0.4, -0.2) is 51.6 Å². The second kappa shape index (κ2) is 10.2. The summed E-state index contributed by atoms with van der Waals surface area (Å²) in [6.45, 7) is -2.55. The molecule has 0 radical (unpaired) electrons. The zero-order valence-electron chi connectivity index (χ0n) is 18.9. The Hall–Kier alpha value is -3.69. The van der Waals surface area contributed by atoms with E-state index in [1.165, 1.54) is 36.4 Å². The average Bonchev–Trinajstić information content (AvgIpc) is 3.40. The van der Waals surface area contributed by atoms with E-state index >= 15 is 0 Å². The Morgan fingerprint density at radius 2 is 1.63 bits per heavy atom. The Kier molecular flexibility index (Phi) is 7.36. The number of benzene rings is 2. The van der Waals surface area contributed by atoms with Crippen LogP contribution in [0.2, 0.25) is 5.02 Å². The first kappa shape index (κ1) is 27.3. The predicted octanol–water partition coefficient (Wildman–Crippen LogP) is 3.43. The van der Waals surface area contributed by atoms with Gasteiger partial charge in [-0.15, -0.1) is 10.2 Å². The fourth-order valence-corrected chi connectivity index (χ4v) is 3.71. The fourth-order valence-electron chi connectivity index (χ4n) is 3.58. The summed E-state index contributed by atoms with van der Waals surface area (Å²) >= 11 is 5.85. The Morgan fingerprint density at radius 1 is 0.974 bits per heavy atom. The third-order valence-corrected chi connectivity index (χ3v) is 5.60. The highest BCUT2D eigenvalue weighted by atomic mass is 35.5. The van der Waals surface area contributed by atoms with Gasteiger partial charge in [0, 0.05) is 10.6 Å². The van der Waals surface area contributed by atoms with E-state index in [9.17, 15) is 41.4 Å². The minimum atomic E-state index is -5.03. The molecule has 0 amide bonds. The van der Waals surface area contributed by atoms with Crippen molar-refractivity contribution in [3.63, 3.8) is 0 Å². The molecular formula is C22H17ClF6N6O3. The van der Waals surface area contributed by atoms with Crippen LogP contribution in [0.4, 0.5) is 26.3 Å². The van der Waals surface area contributed by atoms with E-state index in [0.29, 0.717) is 14.3 Å². The molecule has 1 unspecified atom stereocenters. The first-order chi connectivity index (χ1) is 17.8. The number of aliphatic hydroxyl groups excluding tert-OH is 2. The van der Waals surface area contributed by atoms with Crippen molar-refractivity contribution in [2.75, 3.05) is 0 Å². The van der Waals surface area contributed by atoms with Gasteiger partial charge in [-0.3, -0.25) is 4.57 Å². The number of para-hydroxylation sites is 1. The topological polar surface area (TPSA) is 111 Å². The van der Waals surface area contributed by atoms with Gasteiger partial charge in [0.15, 0.2) is 23.6 Å². The van der Waals surface area contributed by atoms with Gasteiger partial charge in [-0.2, -0.15) is 26.3 Å². The lowest BCUT2D eigenvalue weighted by molar-refractivity contribution is -0.207. The summed E-state index contributed by atoms with van der Waals surface area (Å²) in [5.41, 5.74) is -2.36. The molecule has 0 aliphatic heterocycles. The number of alkyl halides is 6. The second-order valence-electron chi connectivity index (χ2n) is 7.97. The molecule has 202 valence electrons. The molecule has 0 saturated carbocycles. The number of aliphatic hydroxyl groups is 2. The molecule has 0 aliphatic rings. The molecule has 38 heavy (non-hydrogen) atoms. The average molecular weight is 563 g/mol. The number of aromatic nitrogens is 6. The minimum Gasteiger partial charge on any atom is -0.388 e. The molecule has 0 bridgehead atoms. The smallest absolute Gasteiger partial charge is 0.388 e. The van der Waals surface area contributed by atoms with Crippen LogP contribution in [0.25, 0.3) is 17.1 Å². The van der Waals surface area contributed by atoms with Gasteiger partial charge >= 0.3 is 18.0 Å². The lowest BCUT2D eigenvalue weighted by Crippen LogP contribution is -2.37. The molecule has 1 atom stereocenters. The van der Waals surface area contributed by atoms with Crippen molar-refractivity contribution in [3.8, 4) is 17.1 Å². The highest BCUT2D eigenvalue weighted by Gasteiger charge is 2.39. The lowest BCUT2D eigenvalue weighted by atomic mass is 10.1. The SMILES string of the molecule is O=c1n(Cc2nc(CO)n(-c3ccccc3C(F)(F)F)n2)nc(-c2ccc(Cl)cc2)n1CC(O)C(F)(F)F. The summed E-state index contributed by atoms with van der Waals surface area (Å²) in [5, 5.41) is 27.6. The Morgan fingerprint density at radius 3 is 2.24 bits per heavy atom. The maximum Gasteiger partial charge on any atom is 0.418 e. The summed E-state index contributed by atoms with van der Waals surface area (Å²) in [6.07, 6.45) is -12.7. The number of halogens is 7. The van der Waals surface area contributed by atoms with Crippen molar-refractivity contribution in [3.05, 3.63) is 81.3 Å². The molecule has 0 saturated heterocycles. The molecule has 0 fully saturated rings. The normalized spacial score (nSPS) is 13.2. The van der Waals surface area contributed by atoms with E-state index in [4.69, 9.17) is 11.6 Å². The molecule has 9 nitrogen and oxygen atoms in total. The van der Waals surface area contributed by atoms with Crippen molar-refractivity contribution < 1.29 is 36.6 Å². The van der Waals surface area contributed by atoms with Crippen LogP contribution in [0.3, 0.4) is 0 Å². The molecular weight excluding hydrogens is 546 g/mol. The van der Waals surface area contributed by atoms with Crippen LogP contribution in [0.1, 0.15) is 17.2 Å². The number of hydrogen-bond donors (Lipinski definition) is 2. The Bertz CT molecular complexity index is 1490. The van der Waals surface area contributed by atoms with Gasteiger partial charge < -0.3 is 10.2 Å². The van der Waals surface area contributed by atoms with E-state index < -0.39 is 55.1 Å². The van der Waals surface area contributed by atoms with E-state index in [2.05, 4.69) is 15.2 Å². The third kappa shape index (κ3) is 5.58. The second-order valence-corrected chi connectivity index (χ2v) is 8.40. The van der Waals surface area contributed by atoms with Crippen LogP contribution in [0, 0.1) is 0 Å². The summed E-state index contributed by atoms with van der Waals surface area (Å²) in [6, 6.07) is 10.0. The minimum absolute atomic E-state index is 0.202. The van der Waals surface area contributed by atoms with Gasteiger partial charge in [0.25, 0.3) is 0 Å². The summed E-state index contributed by atoms with van der Waals surface area (Å²) in [7, 11) is 0. The molecule has 2 aromatic carbocycles. The van der Waals surface area contributed by atoms with Crippen molar-refractivity contribution in [2.45, 2.75) is 38.2 Å². The Labute approximate surface area is 214 Å². The Balaban J connectivity index is 1.77. The molecule has 2 N–H and O–H groups in total. The van der Waals surface area contributed by atoms with Gasteiger partial charge in [0.1, 0.15) is 13.2 Å². The number of nitrogens with zero attached hydrogens (tertiary/aromatic N) is 6. The van der Waals surface area contributed by atoms with Crippen molar-refractivity contribution in [2.24, 2.45) is 0 Å². The van der Waals surface area contributed by atoms with Gasteiger partial charge in [0.2, 0.25) is 0 Å². The van der Waals surface area contributed by atoms with Crippen LogP contribution in [-0.2, 0) is 25.9 Å². The van der Waals surface area contributed by atoms with Crippen LogP contribution in [0.5, 0.6) is 0 Å². The maximum absolute atomic E-state index is 13.5. The van der Waals surface area contributed by atoms with Crippen LogP contribution >= 0.6 is 11.6 Å². The van der Waals surface area contributed by atoms with Crippen molar-refractivity contribution >= 4 is 11.6 Å². The fraction of sp³-hybridized carbons (Fsp3) is 0.273. The van der Waals surface area contributed by atoms with Crippen LogP contribution in [0.15, 0.2) is 53.3 Å². The van der Waals surface area contributed by atoms with Gasteiger partial charge in [0.05, 0.1) is 17.8 Å². The van der Waals surface area contributed by atoms with Gasteiger partial charge in [-0.05, 0) is 36.4 Å². The van der Waals surface area contributed by atoms with Gasteiger partial charge in [-0.25, -0.2) is 19.1 Å². The summed E-state index contributed by atoms with van der Waals surface area (Å²) in [4.78, 5) is 17.0. The summed E-state index contributed by atoms with van der Waals surface area (Å²) in [5.74, 6) is -0.773. The molecule has 16 heteroatoms. The molecule has 2 aromatic heterocycles. The van der Waals surface area contributed by atoms with Gasteiger partial charge in [-0.1, -0.05) is 23.7 Å². The standard InChI is InChI=1S/C22H17ClF6N6O3/c23-13-7-5-12(6-8-13)19-32-34(20(38)33(19)9-16(37)22(27,28)29)10-17-30-18(11-36)35(31-17)15-4-2-1-3-14(15)21(24,25)26/h1-8,16,36-37H,9-11H2. The molecule has 0 spiro atoms. The first-order valence-electron chi connectivity index (χ1n) is 10.7. The lowest BCUT2D eigenvalue weighted by Gasteiger charge is -2.15.